The molecule has 5 rings (SSSR count). The van der Waals surface area contributed by atoms with Crippen LogP contribution < -0.4 is 0 Å². The smallest absolute Gasteiger partial charge is 0.329 e. The molecule has 16 atom stereocenters. The molecule has 16 nitrogen and oxygen atoms in total. The Morgan fingerprint density at radius 2 is 1.55 bits per heavy atom. The summed E-state index contributed by atoms with van der Waals surface area (Å²) in [5.41, 5.74) is 1.52. The third-order valence-electron chi connectivity index (χ3n) is 16.1. The molecule has 2 bridgehead atoms. The van der Waals surface area contributed by atoms with Crippen molar-refractivity contribution in [3.63, 3.8) is 0 Å². The van der Waals surface area contributed by atoms with Crippen molar-refractivity contribution < 1.29 is 71.7 Å². The zero-order chi connectivity index (χ0) is 53.4. The monoisotopic (exact) mass is 1030 g/mol. The summed E-state index contributed by atoms with van der Waals surface area (Å²) in [5.74, 6) is -7.43. The second-order valence-electron chi connectivity index (χ2n) is 21.7. The molecule has 4 aliphatic heterocycles. The maximum atomic E-state index is 14.6. The molecular weight excluding hydrogens is 939 g/mol. The number of fused-ring (bicyclic) bond motifs is 3. The van der Waals surface area contributed by atoms with Crippen molar-refractivity contribution in [1.29, 1.82) is 0 Å². The first-order valence-corrected chi connectivity index (χ1v) is 27.0. The fourth-order valence-corrected chi connectivity index (χ4v) is 11.4. The van der Waals surface area contributed by atoms with Crippen LogP contribution in [0.4, 0.5) is 0 Å². The quantitative estimate of drug-likeness (QED) is 0.130. The molecule has 5 aliphatic rings. The van der Waals surface area contributed by atoms with Crippen LogP contribution in [-0.2, 0) is 66.6 Å². The predicted molar refractivity (Wildman–Crippen MR) is 274 cm³/mol. The maximum absolute atomic E-state index is 14.6. The van der Waals surface area contributed by atoms with E-state index in [0.29, 0.717) is 63.9 Å². The maximum Gasteiger partial charge on any atom is 0.329 e. The predicted octanol–water partition coefficient (Wildman–Crippen LogP) is 7.27. The van der Waals surface area contributed by atoms with E-state index in [1.165, 1.54) is 19.1 Å². The number of piperidine rings is 1. The standard InChI is InChI=1S/C57H89NO15/c1-35-17-13-12-14-18-36(2)48(71-34-44-33-69-25-26-70-44)31-43-22-20-41(7)57(64,73-43)54(61)55(62)58-24-16-15-19-45(58)56(63)72-49(38(4)29-42-21-23-47(65-8)50(30-42)66-9)32-46(59)37(3)28-40(6)52(67-10)53(68-11)51(60)39(5)27-35/h12-14,17-18,28,35,37-39,41-45,47-50,52-53,64H,15-16,19-27,29-34H2,1-11H3/b14-12+,17-13+,36-18+,40-28+/t35-,37-,38-,39-,41-,42+,43+,44?,45+,47-,48-,49+,50-,52-,53+,57-/m1/s1. The second kappa shape index (κ2) is 29.2. The van der Waals surface area contributed by atoms with Gasteiger partial charge in [0.25, 0.3) is 11.7 Å². The molecule has 73 heavy (non-hydrogen) atoms. The van der Waals surface area contributed by atoms with Crippen LogP contribution in [0.5, 0.6) is 0 Å². The van der Waals surface area contributed by atoms with Crippen molar-refractivity contribution in [2.45, 2.75) is 186 Å². The Bertz CT molecular complexity index is 1940. The van der Waals surface area contributed by atoms with Gasteiger partial charge in [-0.3, -0.25) is 19.2 Å². The average molecular weight is 1030 g/mol. The highest BCUT2D eigenvalue weighted by atomic mass is 16.6. The van der Waals surface area contributed by atoms with Gasteiger partial charge in [-0.05, 0) is 107 Å². The van der Waals surface area contributed by atoms with E-state index in [2.05, 4.69) is 6.92 Å². The van der Waals surface area contributed by atoms with Crippen LogP contribution in [0.15, 0.2) is 47.6 Å². The first-order valence-electron chi connectivity index (χ1n) is 27.0. The normalized spacial score (nSPS) is 39.6. The molecule has 0 aromatic carbocycles. The molecule has 1 aliphatic carbocycles. The van der Waals surface area contributed by atoms with Gasteiger partial charge in [0.15, 0.2) is 5.78 Å². The van der Waals surface area contributed by atoms with E-state index in [0.717, 1.165) is 24.8 Å². The lowest BCUT2D eigenvalue weighted by Crippen LogP contribution is -2.61. The molecule has 3 saturated heterocycles. The lowest BCUT2D eigenvalue weighted by atomic mass is 9.78. The minimum Gasteiger partial charge on any atom is -0.460 e. The molecule has 0 radical (unpaired) electrons. The van der Waals surface area contributed by atoms with Crippen LogP contribution >= 0.6 is 0 Å². The zero-order valence-electron chi connectivity index (χ0n) is 45.8. The van der Waals surface area contributed by atoms with E-state index in [4.69, 9.17) is 42.6 Å². The third kappa shape index (κ3) is 16.5. The highest BCUT2D eigenvalue weighted by Crippen LogP contribution is 2.38. The van der Waals surface area contributed by atoms with Crippen LogP contribution in [0.3, 0.4) is 0 Å². The van der Waals surface area contributed by atoms with E-state index in [1.54, 1.807) is 34.1 Å². The molecule has 4 fully saturated rings. The molecule has 4 heterocycles. The lowest BCUT2D eigenvalue weighted by molar-refractivity contribution is -0.266. The van der Waals surface area contributed by atoms with Crippen molar-refractivity contribution >= 4 is 29.2 Å². The number of ether oxygens (including phenoxy) is 9. The van der Waals surface area contributed by atoms with Gasteiger partial charge < -0.3 is 52.6 Å². The number of cyclic esters (lactones) is 1. The Balaban J connectivity index is 1.49. The van der Waals surface area contributed by atoms with Gasteiger partial charge in [0.05, 0.1) is 50.8 Å². The first kappa shape index (κ1) is 60.4. The SMILES string of the molecule is CO[C@@H]1/C(C)=C/[C@@H](C)C(=O)C[C@@H]([C@H](C)C[C@@H]2CC[C@@H](OC)[C@H](OC)C2)OC(=O)[C@@H]2CCCCN2C(=O)C(=O)[C@]2(O)O[C@@H](CC[C@H]2C)C[C@@H](OCC2COCCO2)/C(C)=C/C=C/C=C/[C@@H](C)C[C@@H](C)C(=O)[C@@H]1OC. The van der Waals surface area contributed by atoms with Crippen molar-refractivity contribution in [3.8, 4) is 0 Å². The lowest BCUT2D eigenvalue weighted by Gasteiger charge is -2.43. The van der Waals surface area contributed by atoms with Crippen LogP contribution in [0.1, 0.15) is 126 Å². The first-order chi connectivity index (χ1) is 34.8. The molecule has 0 aromatic rings. The highest BCUT2D eigenvalue weighted by Gasteiger charge is 2.53. The van der Waals surface area contributed by atoms with Gasteiger partial charge in [-0.2, -0.15) is 0 Å². The largest absolute Gasteiger partial charge is 0.460 e. The van der Waals surface area contributed by atoms with Crippen LogP contribution in [0.25, 0.3) is 0 Å². The number of ketones is 3. The number of Topliss-reactive ketones (excluding diaryl/α,β-unsaturated/α-hetero) is 3. The number of carbonyl (C=O) groups excluding carboxylic acids is 5. The molecule has 412 valence electrons. The summed E-state index contributed by atoms with van der Waals surface area (Å²) in [7, 11) is 6.37. The number of allylic oxidation sites excluding steroid dienone is 6. The van der Waals surface area contributed by atoms with Crippen molar-refractivity contribution in [2.24, 2.45) is 35.5 Å². The number of hydrogen-bond donors (Lipinski definition) is 1. The molecule has 1 N–H and O–H groups in total. The number of hydrogen-bond acceptors (Lipinski definition) is 15. The Kier molecular flexibility index (Phi) is 24.1. The molecule has 1 unspecified atom stereocenters. The van der Waals surface area contributed by atoms with Gasteiger partial charge in [-0.1, -0.05) is 71.1 Å². The zero-order valence-corrected chi connectivity index (χ0v) is 45.8. The fourth-order valence-electron chi connectivity index (χ4n) is 11.4. The topological polar surface area (TPSA) is 192 Å². The number of rotatable bonds is 10. The molecule has 1 amide bonds. The van der Waals surface area contributed by atoms with Crippen LogP contribution in [0, 0.1) is 35.5 Å². The minimum absolute atomic E-state index is 0.0317. The van der Waals surface area contributed by atoms with E-state index < -0.39 is 71.8 Å². The van der Waals surface area contributed by atoms with Gasteiger partial charge in [0.1, 0.15) is 36.2 Å². The Hall–Kier alpha value is -3.45. The minimum atomic E-state index is -2.46. The summed E-state index contributed by atoms with van der Waals surface area (Å²) < 4.78 is 53.9. The average Bonchev–Trinajstić information content (AvgIpc) is 3.38. The van der Waals surface area contributed by atoms with Crippen LogP contribution in [0.2, 0.25) is 0 Å². The highest BCUT2D eigenvalue weighted by molar-refractivity contribution is 6.39. The van der Waals surface area contributed by atoms with E-state index >= 15 is 0 Å². The van der Waals surface area contributed by atoms with Crippen molar-refractivity contribution in [2.75, 3.05) is 61.4 Å². The fraction of sp³-hybridized carbons (Fsp3) is 0.772. The summed E-state index contributed by atoms with van der Waals surface area (Å²) in [6.45, 7) is 14.8. The van der Waals surface area contributed by atoms with Gasteiger partial charge in [-0.25, -0.2) is 4.79 Å². The summed E-state index contributed by atoms with van der Waals surface area (Å²) in [5, 5.41) is 12.2. The van der Waals surface area contributed by atoms with E-state index in [9.17, 15) is 29.1 Å². The second-order valence-corrected chi connectivity index (χ2v) is 21.7. The van der Waals surface area contributed by atoms with Crippen molar-refractivity contribution in [1.82, 2.24) is 4.90 Å². The van der Waals surface area contributed by atoms with Gasteiger partial charge in [0, 0.05) is 65.6 Å². The van der Waals surface area contributed by atoms with Crippen LogP contribution in [-0.4, -0.2) is 161 Å². The molecule has 0 aromatic heterocycles. The summed E-state index contributed by atoms with van der Waals surface area (Å²) in [6, 6.07) is -1.13. The molecule has 0 spiro atoms. The van der Waals surface area contributed by atoms with E-state index in [1.807, 2.05) is 58.1 Å². The number of amides is 1. The summed E-state index contributed by atoms with van der Waals surface area (Å²) >= 11 is 0. The number of esters is 1. The van der Waals surface area contributed by atoms with Gasteiger partial charge in [0.2, 0.25) is 5.79 Å². The number of aliphatic hydroxyl groups is 1. The van der Waals surface area contributed by atoms with Gasteiger partial charge in [-0.15, -0.1) is 0 Å². The van der Waals surface area contributed by atoms with Crippen molar-refractivity contribution in [3.05, 3.63) is 47.6 Å². The molecule has 16 heteroatoms. The molecule has 1 saturated carbocycles. The Morgan fingerprint density at radius 3 is 2.23 bits per heavy atom. The van der Waals surface area contributed by atoms with E-state index in [-0.39, 0.29) is 86.0 Å². The summed E-state index contributed by atoms with van der Waals surface area (Å²) in [6.07, 6.45) is 13.4. The number of carbonyl (C=O) groups is 5. The summed E-state index contributed by atoms with van der Waals surface area (Å²) in [4.78, 5) is 73.2. The van der Waals surface area contributed by atoms with Gasteiger partial charge >= 0.3 is 5.97 Å². The number of methoxy groups -OCH3 is 4. The molecular formula is C57H89NO15. The Labute approximate surface area is 435 Å². The Morgan fingerprint density at radius 1 is 0.808 bits per heavy atom. The third-order valence-corrected chi connectivity index (χ3v) is 16.1. The number of nitrogens with zero attached hydrogens (tertiary/aromatic N) is 1.